The summed E-state index contributed by atoms with van der Waals surface area (Å²) in [4.78, 5) is 12.1. The average molecular weight is 340 g/mol. The maximum Gasteiger partial charge on any atom is 0.256 e. The van der Waals surface area contributed by atoms with Gasteiger partial charge in [-0.05, 0) is 53.0 Å². The molecule has 0 atom stereocenters. The Bertz CT molecular complexity index is 686. The molecule has 0 aliphatic carbocycles. The van der Waals surface area contributed by atoms with Gasteiger partial charge in [0.15, 0.2) is 0 Å². The predicted molar refractivity (Wildman–Crippen MR) is 77.9 cm³/mol. The van der Waals surface area contributed by atoms with Gasteiger partial charge in [0, 0.05) is 11.6 Å². The molecule has 0 fully saturated rings. The molecule has 0 saturated heterocycles. The molecule has 2 aromatic carbocycles. The van der Waals surface area contributed by atoms with Crippen molar-refractivity contribution in [3.63, 3.8) is 0 Å². The fourth-order valence-corrected chi connectivity index (χ4v) is 2.12. The van der Waals surface area contributed by atoms with E-state index in [1.165, 1.54) is 0 Å². The highest BCUT2D eigenvalue weighted by molar-refractivity contribution is 9.10. The number of carbonyl (C=O) groups excluding carboxylic acids is 1. The fourth-order valence-electron chi connectivity index (χ4n) is 1.81. The van der Waals surface area contributed by atoms with Crippen LogP contribution in [0.3, 0.4) is 0 Å². The van der Waals surface area contributed by atoms with E-state index in [1.807, 2.05) is 19.9 Å². The summed E-state index contributed by atoms with van der Waals surface area (Å²) in [5, 5.41) is 2.39. The van der Waals surface area contributed by atoms with Crippen LogP contribution in [0.2, 0.25) is 0 Å². The lowest BCUT2D eigenvalue weighted by molar-refractivity contribution is 0.102. The minimum absolute atomic E-state index is 0.0136. The second kappa shape index (κ2) is 5.71. The highest BCUT2D eigenvalue weighted by atomic mass is 79.9. The van der Waals surface area contributed by atoms with Crippen molar-refractivity contribution < 1.29 is 13.6 Å². The number of nitrogens with one attached hydrogen (secondary N) is 1. The van der Waals surface area contributed by atoms with E-state index in [2.05, 4.69) is 21.2 Å². The lowest BCUT2D eigenvalue weighted by Crippen LogP contribution is -2.15. The Morgan fingerprint density at radius 3 is 2.55 bits per heavy atom. The monoisotopic (exact) mass is 339 g/mol. The molecule has 0 bridgehead atoms. The minimum Gasteiger partial charge on any atom is -0.319 e. The van der Waals surface area contributed by atoms with E-state index in [9.17, 15) is 13.6 Å². The van der Waals surface area contributed by atoms with Crippen molar-refractivity contribution in [1.82, 2.24) is 0 Å². The summed E-state index contributed by atoms with van der Waals surface area (Å²) in [7, 11) is 0. The highest BCUT2D eigenvalue weighted by Gasteiger charge is 2.14. The molecule has 0 spiro atoms. The molecule has 20 heavy (non-hydrogen) atoms. The second-order valence-electron chi connectivity index (χ2n) is 4.45. The number of halogens is 3. The molecule has 2 rings (SSSR count). The van der Waals surface area contributed by atoms with Crippen molar-refractivity contribution in [1.29, 1.82) is 0 Å². The van der Waals surface area contributed by atoms with Gasteiger partial charge in [0.25, 0.3) is 5.91 Å². The molecule has 0 saturated carbocycles. The van der Waals surface area contributed by atoms with E-state index >= 15 is 0 Å². The standard InChI is InChI=1S/C15H12BrF2NO/c1-8-4-3-5-10(9(8)2)15(20)19-14-7-12(17)11(16)6-13(14)18/h3-7H,1-2H3,(H,19,20). The number of carbonyl (C=O) groups is 1. The van der Waals surface area contributed by atoms with Crippen molar-refractivity contribution >= 4 is 27.5 Å². The van der Waals surface area contributed by atoms with Crippen LogP contribution in [0.1, 0.15) is 21.5 Å². The Hall–Kier alpha value is -1.75. The first-order chi connectivity index (χ1) is 9.40. The van der Waals surface area contributed by atoms with Crippen molar-refractivity contribution in [2.45, 2.75) is 13.8 Å². The van der Waals surface area contributed by atoms with Gasteiger partial charge in [0.2, 0.25) is 0 Å². The molecule has 1 N–H and O–H groups in total. The van der Waals surface area contributed by atoms with Crippen LogP contribution in [0, 0.1) is 25.5 Å². The average Bonchev–Trinajstić information content (AvgIpc) is 2.39. The zero-order chi connectivity index (χ0) is 14.9. The SMILES string of the molecule is Cc1cccc(C(=O)Nc2cc(F)c(Br)cc2F)c1C. The van der Waals surface area contributed by atoms with Crippen molar-refractivity contribution in [2.75, 3.05) is 5.32 Å². The van der Waals surface area contributed by atoms with Crippen LogP contribution < -0.4 is 5.32 Å². The van der Waals surface area contributed by atoms with Crippen LogP contribution in [-0.4, -0.2) is 5.91 Å². The first kappa shape index (κ1) is 14.7. The fraction of sp³-hybridized carbons (Fsp3) is 0.133. The van der Waals surface area contributed by atoms with E-state index in [4.69, 9.17) is 0 Å². The van der Waals surface area contributed by atoms with Gasteiger partial charge in [-0.1, -0.05) is 12.1 Å². The van der Waals surface area contributed by atoms with Crippen LogP contribution in [0.15, 0.2) is 34.8 Å². The Morgan fingerprint density at radius 2 is 1.85 bits per heavy atom. The number of hydrogen-bond acceptors (Lipinski definition) is 1. The summed E-state index contributed by atoms with van der Waals surface area (Å²) in [6, 6.07) is 7.20. The van der Waals surface area contributed by atoms with E-state index < -0.39 is 17.5 Å². The lowest BCUT2D eigenvalue weighted by atomic mass is 10.0. The topological polar surface area (TPSA) is 29.1 Å². The first-order valence-electron chi connectivity index (χ1n) is 5.92. The normalized spacial score (nSPS) is 10.4. The van der Waals surface area contributed by atoms with Gasteiger partial charge in [-0.3, -0.25) is 4.79 Å². The van der Waals surface area contributed by atoms with E-state index in [1.54, 1.807) is 12.1 Å². The third-order valence-corrected chi connectivity index (χ3v) is 3.72. The highest BCUT2D eigenvalue weighted by Crippen LogP contribution is 2.24. The summed E-state index contributed by atoms with van der Waals surface area (Å²) in [6.45, 7) is 3.69. The number of anilines is 1. The van der Waals surface area contributed by atoms with Crippen LogP contribution in [0.5, 0.6) is 0 Å². The minimum atomic E-state index is -0.697. The number of amides is 1. The van der Waals surface area contributed by atoms with Crippen LogP contribution >= 0.6 is 15.9 Å². The zero-order valence-electron chi connectivity index (χ0n) is 10.9. The Kier molecular flexibility index (Phi) is 4.18. The lowest BCUT2D eigenvalue weighted by Gasteiger charge is -2.10. The van der Waals surface area contributed by atoms with Gasteiger partial charge in [0.1, 0.15) is 11.6 Å². The third-order valence-electron chi connectivity index (χ3n) is 3.11. The Labute approximate surface area is 123 Å². The second-order valence-corrected chi connectivity index (χ2v) is 5.30. The Morgan fingerprint density at radius 1 is 1.15 bits per heavy atom. The molecule has 0 aromatic heterocycles. The summed E-state index contributed by atoms with van der Waals surface area (Å²) in [5.74, 6) is -1.80. The van der Waals surface area contributed by atoms with E-state index in [0.29, 0.717) is 5.56 Å². The number of aryl methyl sites for hydroxylation is 1. The molecular weight excluding hydrogens is 328 g/mol. The maximum atomic E-state index is 13.7. The van der Waals surface area contributed by atoms with Gasteiger partial charge in [-0.25, -0.2) is 8.78 Å². The predicted octanol–water partition coefficient (Wildman–Crippen LogP) is 4.60. The summed E-state index contributed by atoms with van der Waals surface area (Å²) >= 11 is 2.88. The van der Waals surface area contributed by atoms with E-state index in [0.717, 1.165) is 23.3 Å². The molecule has 0 unspecified atom stereocenters. The van der Waals surface area contributed by atoms with E-state index in [-0.39, 0.29) is 10.2 Å². The van der Waals surface area contributed by atoms with Gasteiger partial charge in [-0.15, -0.1) is 0 Å². The molecule has 5 heteroatoms. The molecule has 1 amide bonds. The molecule has 0 aliphatic heterocycles. The molecule has 104 valence electrons. The number of benzene rings is 2. The van der Waals surface area contributed by atoms with Crippen molar-refractivity contribution in [2.24, 2.45) is 0 Å². The maximum absolute atomic E-state index is 13.7. The molecular formula is C15H12BrF2NO. The van der Waals surface area contributed by atoms with Gasteiger partial charge < -0.3 is 5.32 Å². The van der Waals surface area contributed by atoms with Crippen LogP contribution in [0.4, 0.5) is 14.5 Å². The first-order valence-corrected chi connectivity index (χ1v) is 6.71. The quantitative estimate of drug-likeness (QED) is 0.796. The molecule has 0 heterocycles. The summed E-state index contributed by atoms with van der Waals surface area (Å²) in [6.07, 6.45) is 0. The van der Waals surface area contributed by atoms with Crippen LogP contribution in [-0.2, 0) is 0 Å². The molecule has 0 radical (unpaired) electrons. The number of rotatable bonds is 2. The summed E-state index contributed by atoms with van der Waals surface area (Å²) < 4.78 is 27.1. The molecule has 2 aromatic rings. The Balaban J connectivity index is 2.33. The van der Waals surface area contributed by atoms with Crippen molar-refractivity contribution in [3.8, 4) is 0 Å². The molecule has 0 aliphatic rings. The van der Waals surface area contributed by atoms with Crippen LogP contribution in [0.25, 0.3) is 0 Å². The third kappa shape index (κ3) is 2.88. The largest absolute Gasteiger partial charge is 0.319 e. The van der Waals surface area contributed by atoms with Gasteiger partial charge >= 0.3 is 0 Å². The van der Waals surface area contributed by atoms with Gasteiger partial charge in [0.05, 0.1) is 10.2 Å². The van der Waals surface area contributed by atoms with Gasteiger partial charge in [-0.2, -0.15) is 0 Å². The smallest absolute Gasteiger partial charge is 0.256 e. The molecule has 2 nitrogen and oxygen atoms in total. The summed E-state index contributed by atoms with van der Waals surface area (Å²) in [5.41, 5.74) is 2.02. The number of hydrogen-bond donors (Lipinski definition) is 1. The van der Waals surface area contributed by atoms with Crippen molar-refractivity contribution in [3.05, 3.63) is 63.1 Å². The zero-order valence-corrected chi connectivity index (χ0v) is 12.5.